The molecule has 1 aliphatic rings. The van der Waals surface area contributed by atoms with Crippen LogP contribution >= 0.6 is 12.8 Å². The summed E-state index contributed by atoms with van der Waals surface area (Å²) in [4.78, 5) is 3.80. The lowest BCUT2D eigenvalue weighted by atomic mass is 10.6. The Labute approximate surface area is 52.9 Å². The molecule has 1 aliphatic heterocycles. The van der Waals surface area contributed by atoms with E-state index < -0.39 is 0 Å². The molecule has 1 rings (SSSR count). The second-order valence-corrected chi connectivity index (χ2v) is 1.88. The number of nitrogens with zero attached hydrogens (tertiary/aromatic N) is 2. The SMILES string of the molecule is OC1=CC=NCN1S. The van der Waals surface area contributed by atoms with E-state index in [4.69, 9.17) is 5.11 Å². The fraction of sp³-hybridized carbons (Fsp3) is 0.250. The second kappa shape index (κ2) is 2.09. The minimum Gasteiger partial charge on any atom is -0.494 e. The highest BCUT2D eigenvalue weighted by Crippen LogP contribution is 2.05. The Morgan fingerprint density at radius 2 is 2.62 bits per heavy atom. The maximum Gasteiger partial charge on any atom is 0.199 e. The largest absolute Gasteiger partial charge is 0.494 e. The zero-order valence-electron chi connectivity index (χ0n) is 4.15. The lowest BCUT2D eigenvalue weighted by molar-refractivity contribution is 0.300. The molecule has 0 aromatic carbocycles. The van der Waals surface area contributed by atoms with Gasteiger partial charge < -0.3 is 5.11 Å². The third-order valence-corrected chi connectivity index (χ3v) is 1.14. The third-order valence-electron chi connectivity index (χ3n) is 0.809. The minimum absolute atomic E-state index is 0.142. The number of hydrogen-bond donors (Lipinski definition) is 2. The molecule has 0 fully saturated rings. The van der Waals surface area contributed by atoms with Gasteiger partial charge in [-0.05, 0) is 0 Å². The van der Waals surface area contributed by atoms with Gasteiger partial charge >= 0.3 is 0 Å². The van der Waals surface area contributed by atoms with Gasteiger partial charge in [-0.15, -0.1) is 0 Å². The highest BCUT2D eigenvalue weighted by atomic mass is 32.1. The molecule has 0 saturated carbocycles. The molecule has 4 heteroatoms. The Morgan fingerprint density at radius 1 is 1.88 bits per heavy atom. The summed E-state index contributed by atoms with van der Waals surface area (Å²) < 4.78 is 1.35. The van der Waals surface area contributed by atoms with Crippen molar-refractivity contribution >= 4 is 19.0 Å². The van der Waals surface area contributed by atoms with E-state index in [1.807, 2.05) is 0 Å². The number of aliphatic imine (C=N–C) groups is 1. The van der Waals surface area contributed by atoms with Crippen molar-refractivity contribution in [2.75, 3.05) is 6.67 Å². The van der Waals surface area contributed by atoms with Gasteiger partial charge in [-0.3, -0.25) is 9.30 Å². The van der Waals surface area contributed by atoms with Crippen LogP contribution in [0.3, 0.4) is 0 Å². The van der Waals surface area contributed by atoms with Gasteiger partial charge in [-0.25, -0.2) is 0 Å². The van der Waals surface area contributed by atoms with E-state index in [9.17, 15) is 0 Å². The number of hydrogen-bond acceptors (Lipinski definition) is 4. The van der Waals surface area contributed by atoms with Gasteiger partial charge in [0.2, 0.25) is 0 Å². The van der Waals surface area contributed by atoms with E-state index in [0.717, 1.165) is 0 Å². The van der Waals surface area contributed by atoms with Crippen LogP contribution in [0.4, 0.5) is 0 Å². The van der Waals surface area contributed by atoms with Gasteiger partial charge in [-0.1, -0.05) is 12.8 Å². The van der Waals surface area contributed by atoms with Crippen LogP contribution in [-0.2, 0) is 0 Å². The molecule has 3 nitrogen and oxygen atoms in total. The van der Waals surface area contributed by atoms with Crippen LogP contribution < -0.4 is 0 Å². The Hall–Kier alpha value is -0.640. The molecule has 1 heterocycles. The van der Waals surface area contributed by atoms with Crippen molar-refractivity contribution in [1.29, 1.82) is 0 Å². The molecule has 0 atom stereocenters. The Bertz CT molecular complexity index is 143. The van der Waals surface area contributed by atoms with Crippen LogP contribution in [0.2, 0.25) is 0 Å². The van der Waals surface area contributed by atoms with Crippen molar-refractivity contribution in [3.8, 4) is 0 Å². The zero-order chi connectivity index (χ0) is 5.98. The van der Waals surface area contributed by atoms with E-state index in [0.29, 0.717) is 6.67 Å². The summed E-state index contributed by atoms with van der Waals surface area (Å²) in [6, 6.07) is 0. The smallest absolute Gasteiger partial charge is 0.199 e. The number of rotatable bonds is 0. The topological polar surface area (TPSA) is 35.8 Å². The van der Waals surface area contributed by atoms with Crippen LogP contribution in [0.15, 0.2) is 17.0 Å². The molecule has 0 radical (unpaired) electrons. The minimum atomic E-state index is 0.142. The summed E-state index contributed by atoms with van der Waals surface area (Å²) in [6.07, 6.45) is 3.03. The fourth-order valence-corrected chi connectivity index (χ4v) is 0.542. The molecular weight excluding hydrogens is 124 g/mol. The third kappa shape index (κ3) is 0.949. The lowest BCUT2D eigenvalue weighted by Gasteiger charge is -2.14. The highest BCUT2D eigenvalue weighted by molar-refractivity contribution is 7.77. The summed E-state index contributed by atoms with van der Waals surface area (Å²) in [5, 5.41) is 8.80. The van der Waals surface area contributed by atoms with Crippen molar-refractivity contribution in [3.05, 3.63) is 12.0 Å². The van der Waals surface area contributed by atoms with Crippen LogP contribution in [0, 0.1) is 0 Å². The quantitative estimate of drug-likeness (QED) is 0.470. The first-order valence-corrected chi connectivity index (χ1v) is 2.56. The maximum absolute atomic E-state index is 8.80. The van der Waals surface area contributed by atoms with Gasteiger partial charge in [0.1, 0.15) is 6.67 Å². The van der Waals surface area contributed by atoms with Crippen LogP contribution in [0.5, 0.6) is 0 Å². The van der Waals surface area contributed by atoms with Crippen molar-refractivity contribution < 1.29 is 5.11 Å². The van der Waals surface area contributed by atoms with E-state index in [1.165, 1.54) is 10.4 Å². The van der Waals surface area contributed by atoms with Crippen molar-refractivity contribution in [2.45, 2.75) is 0 Å². The molecule has 0 aromatic heterocycles. The summed E-state index contributed by atoms with van der Waals surface area (Å²) in [6.45, 7) is 0.422. The average molecular weight is 130 g/mol. The summed E-state index contributed by atoms with van der Waals surface area (Å²) in [7, 11) is 0. The number of thiol groups is 1. The van der Waals surface area contributed by atoms with Gasteiger partial charge in [0.15, 0.2) is 5.88 Å². The van der Waals surface area contributed by atoms with E-state index in [-0.39, 0.29) is 5.88 Å². The highest BCUT2D eigenvalue weighted by Gasteiger charge is 2.02. The number of aliphatic hydroxyl groups is 1. The average Bonchev–Trinajstić information content (AvgIpc) is 1.77. The Morgan fingerprint density at radius 3 is 3.00 bits per heavy atom. The number of aliphatic hydroxyl groups excluding tert-OH is 1. The molecule has 0 unspecified atom stereocenters. The fourth-order valence-electron chi connectivity index (χ4n) is 0.402. The predicted molar refractivity (Wildman–Crippen MR) is 34.9 cm³/mol. The van der Waals surface area contributed by atoms with Gasteiger partial charge in [0.25, 0.3) is 0 Å². The molecule has 1 N–H and O–H groups in total. The van der Waals surface area contributed by atoms with E-state index >= 15 is 0 Å². The van der Waals surface area contributed by atoms with Gasteiger partial charge in [-0.2, -0.15) is 0 Å². The van der Waals surface area contributed by atoms with Crippen molar-refractivity contribution in [3.63, 3.8) is 0 Å². The molecule has 8 heavy (non-hydrogen) atoms. The first-order valence-electron chi connectivity index (χ1n) is 2.16. The van der Waals surface area contributed by atoms with Crippen LogP contribution in [0.25, 0.3) is 0 Å². The standard InChI is InChI=1S/C4H6N2OS/c7-4-1-2-5-3-6(4)8/h1-2,7-8H,3H2. The Kier molecular flexibility index (Phi) is 1.43. The molecule has 0 spiro atoms. The first-order chi connectivity index (χ1) is 3.80. The van der Waals surface area contributed by atoms with Crippen LogP contribution in [0.1, 0.15) is 0 Å². The van der Waals surface area contributed by atoms with Gasteiger partial charge in [0, 0.05) is 12.3 Å². The van der Waals surface area contributed by atoms with E-state index in [1.54, 1.807) is 6.21 Å². The normalized spacial score (nSPS) is 18.6. The lowest BCUT2D eigenvalue weighted by Crippen LogP contribution is -2.14. The molecular formula is C4H6N2OS. The Balaban J connectivity index is 2.66. The van der Waals surface area contributed by atoms with Crippen molar-refractivity contribution in [1.82, 2.24) is 4.31 Å². The monoisotopic (exact) mass is 130 g/mol. The zero-order valence-corrected chi connectivity index (χ0v) is 5.05. The molecule has 44 valence electrons. The molecule has 0 aliphatic carbocycles. The number of allylic oxidation sites excluding steroid dienone is 1. The maximum atomic E-state index is 8.80. The molecule has 0 aromatic rings. The summed E-state index contributed by atoms with van der Waals surface area (Å²) in [5.41, 5.74) is 0. The van der Waals surface area contributed by atoms with Gasteiger partial charge in [0.05, 0.1) is 0 Å². The first kappa shape index (κ1) is 5.50. The molecule has 0 bridgehead atoms. The predicted octanol–water partition coefficient (Wildman–Crippen LogP) is 0.575. The summed E-state index contributed by atoms with van der Waals surface area (Å²) >= 11 is 3.86. The van der Waals surface area contributed by atoms with E-state index in [2.05, 4.69) is 17.8 Å². The molecule has 0 saturated heterocycles. The van der Waals surface area contributed by atoms with Crippen molar-refractivity contribution in [2.24, 2.45) is 4.99 Å². The molecule has 0 amide bonds. The van der Waals surface area contributed by atoms with Crippen LogP contribution in [-0.4, -0.2) is 22.3 Å². The summed E-state index contributed by atoms with van der Waals surface area (Å²) in [5.74, 6) is 0.142. The second-order valence-electron chi connectivity index (χ2n) is 1.40.